The zero-order valence-electron chi connectivity index (χ0n) is 13.1. The molecule has 2 heterocycles. The van der Waals surface area contributed by atoms with E-state index in [-0.39, 0.29) is 5.92 Å². The summed E-state index contributed by atoms with van der Waals surface area (Å²) in [6, 6.07) is 19.1. The smallest absolute Gasteiger partial charge is 0.195 e. The monoisotopic (exact) mass is 319 g/mol. The summed E-state index contributed by atoms with van der Waals surface area (Å²) in [6.45, 7) is 2.12. The molecule has 3 aromatic rings. The van der Waals surface area contributed by atoms with Gasteiger partial charge >= 0.3 is 0 Å². The van der Waals surface area contributed by atoms with E-state index in [0.717, 1.165) is 16.7 Å². The Morgan fingerprint density at radius 3 is 2.48 bits per heavy atom. The summed E-state index contributed by atoms with van der Waals surface area (Å²) >= 11 is 1.63. The van der Waals surface area contributed by atoms with Gasteiger partial charge in [0.05, 0.1) is 5.92 Å². The molecule has 1 unspecified atom stereocenters. The fourth-order valence-electron chi connectivity index (χ4n) is 3.24. The van der Waals surface area contributed by atoms with Crippen LogP contribution in [0.4, 0.5) is 0 Å². The summed E-state index contributed by atoms with van der Waals surface area (Å²) < 4.78 is 2.18. The van der Waals surface area contributed by atoms with Gasteiger partial charge in [0.1, 0.15) is 5.82 Å². The first kappa shape index (κ1) is 14.3. The second-order valence-electron chi connectivity index (χ2n) is 5.64. The molecule has 0 spiro atoms. The van der Waals surface area contributed by atoms with Crippen LogP contribution in [-0.4, -0.2) is 21.0 Å². The molecule has 3 nitrogen and oxygen atoms in total. The molecule has 1 aliphatic rings. The number of hydrogen-bond acceptors (Lipinski definition) is 3. The van der Waals surface area contributed by atoms with Gasteiger partial charge in [-0.05, 0) is 35.9 Å². The van der Waals surface area contributed by atoms with Crippen LogP contribution in [0.15, 0.2) is 59.8 Å². The zero-order chi connectivity index (χ0) is 15.8. The molecule has 0 bridgehead atoms. The minimum atomic E-state index is 0.0921. The van der Waals surface area contributed by atoms with Gasteiger partial charge in [0.15, 0.2) is 5.16 Å². The van der Waals surface area contributed by atoms with Crippen molar-refractivity contribution in [2.24, 2.45) is 0 Å². The van der Waals surface area contributed by atoms with Gasteiger partial charge in [-0.15, -0.1) is 10.2 Å². The summed E-state index contributed by atoms with van der Waals surface area (Å²) in [4.78, 5) is 0. The van der Waals surface area contributed by atoms with Gasteiger partial charge in [0.2, 0.25) is 0 Å². The van der Waals surface area contributed by atoms with Crippen molar-refractivity contribution in [2.45, 2.75) is 18.0 Å². The van der Waals surface area contributed by atoms with Crippen molar-refractivity contribution >= 4 is 23.5 Å². The Bertz CT molecular complexity index is 881. The van der Waals surface area contributed by atoms with E-state index in [0.29, 0.717) is 0 Å². The molecule has 114 valence electrons. The Morgan fingerprint density at radius 2 is 1.70 bits per heavy atom. The quantitative estimate of drug-likeness (QED) is 0.651. The minimum absolute atomic E-state index is 0.0921. The molecule has 0 amide bonds. The van der Waals surface area contributed by atoms with Crippen molar-refractivity contribution in [3.63, 3.8) is 0 Å². The molecule has 1 aromatic heterocycles. The second kappa shape index (κ2) is 5.70. The standard InChI is InChI=1S/C19H17N3S/c1-13-12-15-10-6-7-11-16(15)17(14-8-4-3-5-9-14)18-20-21-19(23-2)22(13)18/h3-12,17H,1-2H3. The normalized spacial score (nSPS) is 16.3. The molecular formula is C19H17N3S. The minimum Gasteiger partial charge on any atom is -0.277 e. The topological polar surface area (TPSA) is 30.7 Å². The van der Waals surface area contributed by atoms with E-state index < -0.39 is 0 Å². The van der Waals surface area contributed by atoms with Crippen LogP contribution in [0.2, 0.25) is 0 Å². The summed E-state index contributed by atoms with van der Waals surface area (Å²) in [7, 11) is 0. The van der Waals surface area contributed by atoms with E-state index in [2.05, 4.69) is 76.3 Å². The molecule has 23 heavy (non-hydrogen) atoms. The van der Waals surface area contributed by atoms with E-state index in [1.165, 1.54) is 16.7 Å². The highest BCUT2D eigenvalue weighted by atomic mass is 32.2. The van der Waals surface area contributed by atoms with Crippen LogP contribution >= 0.6 is 11.8 Å². The summed E-state index contributed by atoms with van der Waals surface area (Å²) in [6.07, 6.45) is 4.27. The van der Waals surface area contributed by atoms with Crippen LogP contribution in [0.25, 0.3) is 11.8 Å². The highest BCUT2D eigenvalue weighted by Gasteiger charge is 2.28. The van der Waals surface area contributed by atoms with Crippen LogP contribution in [0.3, 0.4) is 0 Å². The Labute approximate surface area is 140 Å². The first-order valence-corrected chi connectivity index (χ1v) is 8.84. The lowest BCUT2D eigenvalue weighted by atomic mass is 9.88. The van der Waals surface area contributed by atoms with Crippen LogP contribution in [-0.2, 0) is 0 Å². The molecule has 1 atom stereocenters. The van der Waals surface area contributed by atoms with Gasteiger partial charge in [-0.2, -0.15) is 0 Å². The molecule has 0 radical (unpaired) electrons. The molecule has 0 aliphatic carbocycles. The fraction of sp³-hybridized carbons (Fsp3) is 0.158. The van der Waals surface area contributed by atoms with Crippen molar-refractivity contribution < 1.29 is 0 Å². The Kier molecular flexibility index (Phi) is 3.54. The second-order valence-corrected chi connectivity index (χ2v) is 6.41. The third kappa shape index (κ3) is 2.30. The third-order valence-corrected chi connectivity index (χ3v) is 4.89. The first-order chi connectivity index (χ1) is 11.3. The lowest BCUT2D eigenvalue weighted by Crippen LogP contribution is -2.10. The Hall–Kier alpha value is -2.33. The van der Waals surface area contributed by atoms with Crippen LogP contribution in [0.1, 0.15) is 35.4 Å². The van der Waals surface area contributed by atoms with Gasteiger partial charge in [0, 0.05) is 5.70 Å². The molecule has 0 N–H and O–H groups in total. The van der Waals surface area contributed by atoms with Crippen LogP contribution in [0, 0.1) is 0 Å². The van der Waals surface area contributed by atoms with Crippen molar-refractivity contribution in [2.75, 3.05) is 6.26 Å². The summed E-state index contributed by atoms with van der Waals surface area (Å²) in [5.74, 6) is 1.08. The van der Waals surface area contributed by atoms with Crippen molar-refractivity contribution in [3.05, 3.63) is 77.1 Å². The number of benzene rings is 2. The highest BCUT2D eigenvalue weighted by molar-refractivity contribution is 7.98. The molecular weight excluding hydrogens is 302 g/mol. The van der Waals surface area contributed by atoms with Gasteiger partial charge < -0.3 is 0 Å². The van der Waals surface area contributed by atoms with Crippen LogP contribution in [0.5, 0.6) is 0 Å². The predicted molar refractivity (Wildman–Crippen MR) is 95.5 cm³/mol. The molecule has 1 aliphatic heterocycles. The number of rotatable bonds is 2. The zero-order valence-corrected chi connectivity index (χ0v) is 13.9. The maximum Gasteiger partial charge on any atom is 0.195 e. The average Bonchev–Trinajstić information content (AvgIpc) is 2.96. The molecule has 0 fully saturated rings. The molecule has 4 heteroatoms. The SMILES string of the molecule is CSc1nnc2n1C(C)=Cc1ccccc1C2c1ccccc1. The first-order valence-electron chi connectivity index (χ1n) is 7.61. The fourth-order valence-corrected chi connectivity index (χ4v) is 3.78. The molecule has 4 rings (SSSR count). The summed E-state index contributed by atoms with van der Waals surface area (Å²) in [5.41, 5.74) is 4.91. The van der Waals surface area contributed by atoms with Gasteiger partial charge in [-0.3, -0.25) is 4.57 Å². The Balaban J connectivity index is 2.04. The molecule has 2 aromatic carbocycles. The van der Waals surface area contributed by atoms with Crippen molar-refractivity contribution in [3.8, 4) is 0 Å². The van der Waals surface area contributed by atoms with Gasteiger partial charge in [0.25, 0.3) is 0 Å². The number of allylic oxidation sites excluding steroid dienone is 1. The van der Waals surface area contributed by atoms with Gasteiger partial charge in [-0.25, -0.2) is 0 Å². The van der Waals surface area contributed by atoms with E-state index in [1.54, 1.807) is 11.8 Å². The van der Waals surface area contributed by atoms with E-state index in [1.807, 2.05) is 12.3 Å². The molecule has 0 saturated heterocycles. The van der Waals surface area contributed by atoms with E-state index >= 15 is 0 Å². The number of aromatic nitrogens is 3. The lowest BCUT2D eigenvalue weighted by Gasteiger charge is -2.18. The highest BCUT2D eigenvalue weighted by Crippen LogP contribution is 2.38. The summed E-state index contributed by atoms with van der Waals surface area (Å²) in [5, 5.41) is 9.87. The largest absolute Gasteiger partial charge is 0.277 e. The van der Waals surface area contributed by atoms with Gasteiger partial charge in [-0.1, -0.05) is 66.4 Å². The number of hydrogen-bond donors (Lipinski definition) is 0. The number of nitrogens with zero attached hydrogens (tertiary/aromatic N) is 3. The van der Waals surface area contributed by atoms with Crippen molar-refractivity contribution in [1.29, 1.82) is 0 Å². The van der Waals surface area contributed by atoms with Crippen molar-refractivity contribution in [1.82, 2.24) is 14.8 Å². The maximum atomic E-state index is 4.55. The number of fused-ring (bicyclic) bond motifs is 2. The number of thioether (sulfide) groups is 1. The molecule has 0 saturated carbocycles. The van der Waals surface area contributed by atoms with E-state index in [9.17, 15) is 0 Å². The lowest BCUT2D eigenvalue weighted by molar-refractivity contribution is 0.809. The maximum absolute atomic E-state index is 4.55. The predicted octanol–water partition coefficient (Wildman–Crippen LogP) is 4.51. The van der Waals surface area contributed by atoms with E-state index in [4.69, 9.17) is 0 Å². The Morgan fingerprint density at radius 1 is 0.957 bits per heavy atom. The average molecular weight is 319 g/mol. The van der Waals surface area contributed by atoms with Crippen LogP contribution < -0.4 is 0 Å². The third-order valence-electron chi connectivity index (χ3n) is 4.26.